The maximum absolute atomic E-state index is 6.26. The van der Waals surface area contributed by atoms with Gasteiger partial charge >= 0.3 is 0 Å². The number of hydrogen-bond donors (Lipinski definition) is 1. The standard InChI is InChI=1S/C16H20ClNS/c1-16(2,3)12-6-4-11(5-7-12)14(18)10-13-8-9-15(17)19-13/h4-9,14H,10,18H2,1-3H3. The predicted octanol–water partition coefficient (Wildman–Crippen LogP) is 4.94. The molecule has 0 radical (unpaired) electrons. The normalized spacial score (nSPS) is 13.5. The smallest absolute Gasteiger partial charge is 0.0931 e. The Hall–Kier alpha value is -0.830. The molecule has 2 N–H and O–H groups in total. The third-order valence-electron chi connectivity index (χ3n) is 3.25. The molecule has 0 amide bonds. The molecule has 0 bridgehead atoms. The van der Waals surface area contributed by atoms with Crippen molar-refractivity contribution in [3.05, 3.63) is 56.7 Å². The van der Waals surface area contributed by atoms with E-state index < -0.39 is 0 Å². The Morgan fingerprint density at radius 3 is 2.21 bits per heavy atom. The van der Waals surface area contributed by atoms with Gasteiger partial charge in [0.2, 0.25) is 0 Å². The molecule has 2 aromatic rings. The van der Waals surface area contributed by atoms with Crippen molar-refractivity contribution in [2.75, 3.05) is 0 Å². The second-order valence-corrected chi connectivity index (χ2v) is 7.69. The largest absolute Gasteiger partial charge is 0.324 e. The van der Waals surface area contributed by atoms with Crippen LogP contribution >= 0.6 is 22.9 Å². The van der Waals surface area contributed by atoms with E-state index in [2.05, 4.69) is 51.1 Å². The highest BCUT2D eigenvalue weighted by Gasteiger charge is 2.14. The van der Waals surface area contributed by atoms with Gasteiger partial charge in [-0.05, 0) is 28.7 Å². The average molecular weight is 294 g/mol. The number of hydrogen-bond acceptors (Lipinski definition) is 2. The fraction of sp³-hybridized carbons (Fsp3) is 0.375. The molecule has 1 aromatic carbocycles. The highest BCUT2D eigenvalue weighted by Crippen LogP contribution is 2.27. The Bertz CT molecular complexity index is 537. The van der Waals surface area contributed by atoms with Crippen molar-refractivity contribution in [3.63, 3.8) is 0 Å². The van der Waals surface area contributed by atoms with Gasteiger partial charge in [0.05, 0.1) is 4.34 Å². The van der Waals surface area contributed by atoms with E-state index in [0.29, 0.717) is 0 Å². The molecule has 2 rings (SSSR count). The molecule has 1 nitrogen and oxygen atoms in total. The fourth-order valence-electron chi connectivity index (χ4n) is 2.03. The van der Waals surface area contributed by atoms with Gasteiger partial charge in [0.1, 0.15) is 0 Å². The van der Waals surface area contributed by atoms with Crippen LogP contribution in [0.3, 0.4) is 0 Å². The lowest BCUT2D eigenvalue weighted by Gasteiger charge is -2.20. The lowest BCUT2D eigenvalue weighted by Crippen LogP contribution is -2.14. The number of benzene rings is 1. The molecule has 0 aliphatic carbocycles. The highest BCUT2D eigenvalue weighted by atomic mass is 35.5. The average Bonchev–Trinajstić information content (AvgIpc) is 2.74. The predicted molar refractivity (Wildman–Crippen MR) is 85.1 cm³/mol. The van der Waals surface area contributed by atoms with E-state index in [9.17, 15) is 0 Å². The molecular formula is C16H20ClNS. The van der Waals surface area contributed by atoms with Crippen molar-refractivity contribution in [1.82, 2.24) is 0 Å². The molecular weight excluding hydrogens is 274 g/mol. The maximum atomic E-state index is 6.26. The zero-order valence-electron chi connectivity index (χ0n) is 11.6. The van der Waals surface area contributed by atoms with Crippen molar-refractivity contribution in [3.8, 4) is 0 Å². The van der Waals surface area contributed by atoms with Gasteiger partial charge in [-0.25, -0.2) is 0 Å². The van der Waals surface area contributed by atoms with E-state index in [0.717, 1.165) is 10.8 Å². The number of rotatable bonds is 3. The van der Waals surface area contributed by atoms with E-state index in [4.69, 9.17) is 17.3 Å². The van der Waals surface area contributed by atoms with Gasteiger partial charge in [-0.3, -0.25) is 0 Å². The number of nitrogens with two attached hydrogens (primary N) is 1. The van der Waals surface area contributed by atoms with Crippen LogP contribution in [0.4, 0.5) is 0 Å². The van der Waals surface area contributed by atoms with E-state index in [1.54, 1.807) is 11.3 Å². The third kappa shape index (κ3) is 3.82. The first-order valence-electron chi connectivity index (χ1n) is 6.46. The quantitative estimate of drug-likeness (QED) is 0.852. The topological polar surface area (TPSA) is 26.0 Å². The van der Waals surface area contributed by atoms with Gasteiger partial charge in [-0.15, -0.1) is 11.3 Å². The lowest BCUT2D eigenvalue weighted by molar-refractivity contribution is 0.589. The Kier molecular flexibility index (Phi) is 4.34. The van der Waals surface area contributed by atoms with Crippen LogP contribution in [0.15, 0.2) is 36.4 Å². The molecule has 3 heteroatoms. The van der Waals surface area contributed by atoms with Crippen molar-refractivity contribution >= 4 is 22.9 Å². The minimum absolute atomic E-state index is 0.0312. The molecule has 0 fully saturated rings. The molecule has 0 spiro atoms. The maximum Gasteiger partial charge on any atom is 0.0931 e. The molecule has 1 heterocycles. The third-order valence-corrected chi connectivity index (χ3v) is 4.51. The molecule has 1 aromatic heterocycles. The van der Waals surface area contributed by atoms with E-state index in [1.165, 1.54) is 16.0 Å². The molecule has 0 aliphatic rings. The number of thiophene rings is 1. The summed E-state index contributed by atoms with van der Waals surface area (Å²) < 4.78 is 0.824. The van der Waals surface area contributed by atoms with Gasteiger partial charge in [0.25, 0.3) is 0 Å². The van der Waals surface area contributed by atoms with Gasteiger partial charge in [0, 0.05) is 17.3 Å². The Morgan fingerprint density at radius 1 is 1.11 bits per heavy atom. The van der Waals surface area contributed by atoms with Gasteiger partial charge in [-0.2, -0.15) is 0 Å². The Morgan fingerprint density at radius 2 is 1.74 bits per heavy atom. The summed E-state index contributed by atoms with van der Waals surface area (Å²) in [7, 11) is 0. The minimum atomic E-state index is 0.0312. The summed E-state index contributed by atoms with van der Waals surface area (Å²) in [6, 6.07) is 12.6. The van der Waals surface area contributed by atoms with Crippen molar-refractivity contribution in [1.29, 1.82) is 0 Å². The van der Waals surface area contributed by atoms with Crippen LogP contribution in [0.2, 0.25) is 4.34 Å². The summed E-state index contributed by atoms with van der Waals surface area (Å²) in [6.07, 6.45) is 0.840. The second kappa shape index (κ2) is 5.66. The fourth-order valence-corrected chi connectivity index (χ4v) is 3.17. The highest BCUT2D eigenvalue weighted by molar-refractivity contribution is 7.16. The first-order valence-corrected chi connectivity index (χ1v) is 7.66. The molecule has 0 saturated heterocycles. The SMILES string of the molecule is CC(C)(C)c1ccc(C(N)Cc2ccc(Cl)s2)cc1. The van der Waals surface area contributed by atoms with Crippen LogP contribution in [0, 0.1) is 0 Å². The van der Waals surface area contributed by atoms with Crippen LogP contribution < -0.4 is 5.73 Å². The summed E-state index contributed by atoms with van der Waals surface area (Å²) >= 11 is 7.54. The zero-order valence-corrected chi connectivity index (χ0v) is 13.2. The van der Waals surface area contributed by atoms with Crippen molar-refractivity contribution in [2.45, 2.75) is 38.6 Å². The van der Waals surface area contributed by atoms with Crippen LogP contribution in [0.25, 0.3) is 0 Å². The van der Waals surface area contributed by atoms with Crippen LogP contribution in [-0.2, 0) is 11.8 Å². The molecule has 102 valence electrons. The molecule has 19 heavy (non-hydrogen) atoms. The van der Waals surface area contributed by atoms with E-state index in [-0.39, 0.29) is 11.5 Å². The first-order chi connectivity index (χ1) is 8.86. The molecule has 1 unspecified atom stereocenters. The summed E-state index contributed by atoms with van der Waals surface area (Å²) in [5.74, 6) is 0. The molecule has 0 aliphatic heterocycles. The second-order valence-electron chi connectivity index (χ2n) is 5.89. The van der Waals surface area contributed by atoms with Crippen LogP contribution in [0.5, 0.6) is 0 Å². The van der Waals surface area contributed by atoms with Crippen molar-refractivity contribution in [2.24, 2.45) is 5.73 Å². The minimum Gasteiger partial charge on any atom is -0.324 e. The van der Waals surface area contributed by atoms with Gasteiger partial charge in [-0.1, -0.05) is 56.6 Å². The monoisotopic (exact) mass is 293 g/mol. The van der Waals surface area contributed by atoms with Gasteiger partial charge < -0.3 is 5.73 Å². The first kappa shape index (κ1) is 14.6. The van der Waals surface area contributed by atoms with Crippen LogP contribution in [-0.4, -0.2) is 0 Å². The molecule has 1 atom stereocenters. The zero-order chi connectivity index (χ0) is 14.0. The summed E-state index contributed by atoms with van der Waals surface area (Å²) in [6.45, 7) is 6.65. The van der Waals surface area contributed by atoms with Crippen LogP contribution in [0.1, 0.15) is 42.8 Å². The summed E-state index contributed by atoms with van der Waals surface area (Å²) in [5.41, 5.74) is 8.96. The summed E-state index contributed by atoms with van der Waals surface area (Å²) in [5, 5.41) is 0. The Labute approximate surface area is 124 Å². The van der Waals surface area contributed by atoms with E-state index >= 15 is 0 Å². The Balaban J connectivity index is 2.09. The molecule has 0 saturated carbocycles. The van der Waals surface area contributed by atoms with Crippen molar-refractivity contribution < 1.29 is 0 Å². The summed E-state index contributed by atoms with van der Waals surface area (Å²) in [4.78, 5) is 1.23. The lowest BCUT2D eigenvalue weighted by atomic mass is 9.86. The number of halogens is 1. The van der Waals surface area contributed by atoms with Gasteiger partial charge in [0.15, 0.2) is 0 Å². The van der Waals surface area contributed by atoms with E-state index in [1.807, 2.05) is 6.07 Å².